The normalized spacial score (nSPS) is 20.9. The van der Waals surface area contributed by atoms with Crippen LogP contribution in [-0.4, -0.2) is 61.7 Å². The van der Waals surface area contributed by atoms with Crippen molar-refractivity contribution in [2.24, 2.45) is 5.92 Å². The molecule has 2 aliphatic heterocycles. The number of hydrogen-bond acceptors (Lipinski definition) is 6. The number of benzene rings is 1. The summed E-state index contributed by atoms with van der Waals surface area (Å²) in [6.07, 6.45) is 1.50. The van der Waals surface area contributed by atoms with Crippen LogP contribution in [0.1, 0.15) is 61.3 Å². The van der Waals surface area contributed by atoms with Crippen LogP contribution in [0, 0.1) is 5.92 Å². The molecule has 0 unspecified atom stereocenters. The third-order valence-electron chi connectivity index (χ3n) is 6.45. The van der Waals surface area contributed by atoms with Crippen molar-refractivity contribution in [2.45, 2.75) is 78.1 Å². The van der Waals surface area contributed by atoms with Crippen LogP contribution in [0.3, 0.4) is 0 Å². The number of carbonyl (C=O) groups excluding carboxylic acids is 1. The Morgan fingerprint density at radius 3 is 2.22 bits per heavy atom. The van der Waals surface area contributed by atoms with E-state index < -0.39 is 23.9 Å². The monoisotopic (exact) mass is 447 g/mol. The highest BCUT2D eigenvalue weighted by Crippen LogP contribution is 2.37. The second-order valence-electron chi connectivity index (χ2n) is 10.7. The molecule has 2 fully saturated rings. The summed E-state index contributed by atoms with van der Waals surface area (Å²) in [4.78, 5) is 14.0. The zero-order valence-electron chi connectivity index (χ0n) is 20.8. The number of amides is 1. The zero-order chi connectivity index (χ0) is 23.7. The van der Waals surface area contributed by atoms with Gasteiger partial charge in [-0.3, -0.25) is 0 Å². The number of hydrogen-bond donors (Lipinski definition) is 0. The van der Waals surface area contributed by atoms with E-state index in [2.05, 4.69) is 0 Å². The van der Waals surface area contributed by atoms with Crippen molar-refractivity contribution in [3.63, 3.8) is 0 Å². The summed E-state index contributed by atoms with van der Waals surface area (Å²) < 4.78 is 29.5. The van der Waals surface area contributed by atoms with E-state index in [1.807, 2.05) is 66.7 Å². The molecule has 0 aliphatic carbocycles. The van der Waals surface area contributed by atoms with Gasteiger partial charge in [0.25, 0.3) is 0 Å². The lowest BCUT2D eigenvalue weighted by Gasteiger charge is -2.33. The van der Waals surface area contributed by atoms with E-state index >= 15 is 0 Å². The van der Waals surface area contributed by atoms with Crippen LogP contribution in [0.2, 0.25) is 0 Å². The van der Waals surface area contributed by atoms with E-state index in [4.69, 9.17) is 23.5 Å². The maximum Gasteiger partial charge on any atom is 0.494 e. The largest absolute Gasteiger partial charge is 0.494 e. The molecule has 1 aromatic rings. The Bertz CT molecular complexity index is 795. The average Bonchev–Trinajstić information content (AvgIpc) is 2.92. The summed E-state index contributed by atoms with van der Waals surface area (Å²) in [5.74, 6) is 1.71. The Labute approximate surface area is 192 Å². The van der Waals surface area contributed by atoms with Gasteiger partial charge in [0.05, 0.1) is 24.9 Å². The zero-order valence-corrected chi connectivity index (χ0v) is 20.8. The molecule has 0 saturated carbocycles. The van der Waals surface area contributed by atoms with E-state index in [9.17, 15) is 4.79 Å². The quantitative estimate of drug-likeness (QED) is 0.636. The smallest absolute Gasteiger partial charge is 0.493 e. The van der Waals surface area contributed by atoms with Gasteiger partial charge < -0.3 is 28.4 Å². The molecule has 0 atom stereocenters. The van der Waals surface area contributed by atoms with Crippen LogP contribution >= 0.6 is 0 Å². The summed E-state index contributed by atoms with van der Waals surface area (Å²) in [6.45, 7) is 15.7. The fourth-order valence-electron chi connectivity index (χ4n) is 3.75. The first-order chi connectivity index (χ1) is 14.8. The fraction of sp³-hybridized carbons (Fsp3) is 0.708. The van der Waals surface area contributed by atoms with Gasteiger partial charge in [-0.2, -0.15) is 0 Å². The second kappa shape index (κ2) is 9.14. The van der Waals surface area contributed by atoms with Gasteiger partial charge in [-0.15, -0.1) is 0 Å². The van der Waals surface area contributed by atoms with Gasteiger partial charge in [-0.1, -0.05) is 6.07 Å². The SMILES string of the molecule is COc1ccc(B2OC(C)(C)C(C)(C)O2)cc1OCC1CCN(C(=O)OC(C)(C)C)CC1. The topological polar surface area (TPSA) is 66.5 Å². The van der Waals surface area contributed by atoms with Crippen molar-refractivity contribution >= 4 is 18.7 Å². The molecule has 7 nitrogen and oxygen atoms in total. The molecule has 0 spiro atoms. The van der Waals surface area contributed by atoms with Crippen LogP contribution in [0.4, 0.5) is 4.79 Å². The molecule has 1 amide bonds. The molecule has 178 valence electrons. The summed E-state index contributed by atoms with van der Waals surface area (Å²) in [5, 5.41) is 0. The van der Waals surface area contributed by atoms with E-state index in [0.29, 0.717) is 37.1 Å². The van der Waals surface area contributed by atoms with E-state index in [0.717, 1.165) is 18.3 Å². The van der Waals surface area contributed by atoms with Crippen molar-refractivity contribution < 1.29 is 28.3 Å². The molecule has 2 aliphatic rings. The van der Waals surface area contributed by atoms with Crippen LogP contribution in [0.5, 0.6) is 11.5 Å². The van der Waals surface area contributed by atoms with Crippen molar-refractivity contribution in [3.05, 3.63) is 18.2 Å². The molecular weight excluding hydrogens is 409 g/mol. The highest BCUT2D eigenvalue weighted by Gasteiger charge is 2.51. The second-order valence-corrected chi connectivity index (χ2v) is 10.7. The first kappa shape index (κ1) is 24.7. The summed E-state index contributed by atoms with van der Waals surface area (Å²) in [6, 6.07) is 5.78. The molecule has 1 aromatic carbocycles. The Morgan fingerprint density at radius 1 is 1.09 bits per heavy atom. The lowest BCUT2D eigenvalue weighted by atomic mass is 9.79. The molecule has 3 rings (SSSR count). The fourth-order valence-corrected chi connectivity index (χ4v) is 3.75. The van der Waals surface area contributed by atoms with Crippen molar-refractivity contribution in [1.29, 1.82) is 0 Å². The third-order valence-corrected chi connectivity index (χ3v) is 6.45. The van der Waals surface area contributed by atoms with Gasteiger partial charge in [0, 0.05) is 13.1 Å². The minimum Gasteiger partial charge on any atom is -0.493 e. The number of carbonyl (C=O) groups is 1. The predicted octanol–water partition coefficient (Wildman–Crippen LogP) is 4.02. The Balaban J connectivity index is 1.59. The molecular formula is C24H38BNO6. The molecule has 0 N–H and O–H groups in total. The van der Waals surface area contributed by atoms with Crippen LogP contribution in [0.25, 0.3) is 0 Å². The molecule has 0 bridgehead atoms. The highest BCUT2D eigenvalue weighted by atomic mass is 16.7. The number of methoxy groups -OCH3 is 1. The molecule has 8 heteroatoms. The Kier molecular flexibility index (Phi) is 7.06. The van der Waals surface area contributed by atoms with Crippen LogP contribution < -0.4 is 14.9 Å². The minimum absolute atomic E-state index is 0.242. The van der Waals surface area contributed by atoms with Crippen LogP contribution in [-0.2, 0) is 14.0 Å². The summed E-state index contributed by atoms with van der Waals surface area (Å²) in [5.41, 5.74) is -0.378. The maximum absolute atomic E-state index is 12.3. The van der Waals surface area contributed by atoms with E-state index in [-0.39, 0.29) is 6.09 Å². The van der Waals surface area contributed by atoms with Gasteiger partial charge in [0.1, 0.15) is 5.60 Å². The molecule has 0 aromatic heterocycles. The van der Waals surface area contributed by atoms with Gasteiger partial charge >= 0.3 is 13.2 Å². The Hall–Kier alpha value is -1.93. The van der Waals surface area contributed by atoms with Gasteiger partial charge in [-0.25, -0.2) is 4.79 Å². The number of likely N-dealkylation sites (tertiary alicyclic amines) is 1. The molecule has 0 radical (unpaired) electrons. The van der Waals surface area contributed by atoms with Crippen LogP contribution in [0.15, 0.2) is 18.2 Å². The first-order valence-corrected chi connectivity index (χ1v) is 11.5. The molecule has 2 saturated heterocycles. The predicted molar refractivity (Wildman–Crippen MR) is 125 cm³/mol. The minimum atomic E-state index is -0.476. The van der Waals surface area contributed by atoms with Gasteiger partial charge in [-0.05, 0) is 84.8 Å². The summed E-state index contributed by atoms with van der Waals surface area (Å²) in [7, 11) is 1.18. The van der Waals surface area contributed by atoms with Crippen molar-refractivity contribution in [1.82, 2.24) is 4.90 Å². The third kappa shape index (κ3) is 5.70. The lowest BCUT2D eigenvalue weighted by Crippen LogP contribution is -2.42. The molecule has 32 heavy (non-hydrogen) atoms. The molecule has 2 heterocycles. The van der Waals surface area contributed by atoms with Gasteiger partial charge in [0.15, 0.2) is 11.5 Å². The number of ether oxygens (including phenoxy) is 3. The number of piperidine rings is 1. The maximum atomic E-state index is 12.3. The first-order valence-electron chi connectivity index (χ1n) is 11.5. The standard InChI is InChI=1S/C24H38BNO6/c1-22(2,3)30-21(27)26-13-11-17(12-14-26)16-29-20-15-18(9-10-19(20)28-8)25-31-23(4,5)24(6,7)32-25/h9-10,15,17H,11-14,16H2,1-8H3. The van der Waals surface area contributed by atoms with E-state index in [1.54, 1.807) is 12.0 Å². The van der Waals surface area contributed by atoms with Crippen molar-refractivity contribution in [3.8, 4) is 11.5 Å². The summed E-state index contributed by atoms with van der Waals surface area (Å²) >= 11 is 0. The number of nitrogens with zero attached hydrogens (tertiary/aromatic N) is 1. The number of rotatable bonds is 5. The average molecular weight is 447 g/mol. The highest BCUT2D eigenvalue weighted by molar-refractivity contribution is 6.62. The van der Waals surface area contributed by atoms with Crippen molar-refractivity contribution in [2.75, 3.05) is 26.8 Å². The van der Waals surface area contributed by atoms with E-state index in [1.165, 1.54) is 0 Å². The lowest BCUT2D eigenvalue weighted by molar-refractivity contribution is 0.00578. The Morgan fingerprint density at radius 2 is 1.69 bits per heavy atom. The van der Waals surface area contributed by atoms with Gasteiger partial charge in [0.2, 0.25) is 0 Å².